The summed E-state index contributed by atoms with van der Waals surface area (Å²) in [5, 5.41) is 3.65. The molecule has 0 aliphatic heterocycles. The summed E-state index contributed by atoms with van der Waals surface area (Å²) in [5.41, 5.74) is 9.51. The van der Waals surface area contributed by atoms with Crippen molar-refractivity contribution in [1.29, 1.82) is 0 Å². The van der Waals surface area contributed by atoms with Crippen molar-refractivity contribution >= 4 is 22.6 Å². The van der Waals surface area contributed by atoms with Gasteiger partial charge in [0.2, 0.25) is 5.91 Å². The number of rotatable bonds is 5. The SMILES string of the molecule is N[C@@H](Cc1ccccc1)C(=O)Nc1ccc(-c2c[nH]c3cc(F)ccc23)cn1. The number of nitrogens with zero attached hydrogens (tertiary/aromatic N) is 1. The Morgan fingerprint density at radius 1 is 1.14 bits per heavy atom. The number of carbonyl (C=O) groups excluding carboxylic acids is 1. The first-order valence-electron chi connectivity index (χ1n) is 8.93. The summed E-state index contributed by atoms with van der Waals surface area (Å²) < 4.78 is 13.3. The zero-order valence-electron chi connectivity index (χ0n) is 15.0. The number of hydrogen-bond acceptors (Lipinski definition) is 3. The van der Waals surface area contributed by atoms with Gasteiger partial charge in [0.1, 0.15) is 11.6 Å². The Morgan fingerprint density at radius 3 is 2.71 bits per heavy atom. The summed E-state index contributed by atoms with van der Waals surface area (Å²) in [6, 6.07) is 17.2. The fourth-order valence-electron chi connectivity index (χ4n) is 3.14. The second-order valence-corrected chi connectivity index (χ2v) is 6.61. The van der Waals surface area contributed by atoms with E-state index in [4.69, 9.17) is 5.73 Å². The summed E-state index contributed by atoms with van der Waals surface area (Å²) in [5.74, 6) is -0.140. The van der Waals surface area contributed by atoms with Crippen molar-refractivity contribution in [2.24, 2.45) is 5.73 Å². The molecule has 0 spiro atoms. The van der Waals surface area contributed by atoms with Crippen molar-refractivity contribution in [3.63, 3.8) is 0 Å². The lowest BCUT2D eigenvalue weighted by Gasteiger charge is -2.12. The molecular weight excluding hydrogens is 355 g/mol. The summed E-state index contributed by atoms with van der Waals surface area (Å²) in [7, 11) is 0. The highest BCUT2D eigenvalue weighted by Crippen LogP contribution is 2.29. The van der Waals surface area contributed by atoms with E-state index in [9.17, 15) is 9.18 Å². The van der Waals surface area contributed by atoms with Crippen LogP contribution in [0.3, 0.4) is 0 Å². The standard InChI is InChI=1S/C22H19FN4O/c23-16-7-8-17-18(13-25-20(17)11-16)15-6-9-21(26-12-15)27-22(28)19(24)10-14-4-2-1-3-5-14/h1-9,11-13,19,25H,10,24H2,(H,26,27,28)/t19-/m0/s1. The van der Waals surface area contributed by atoms with E-state index in [2.05, 4.69) is 15.3 Å². The van der Waals surface area contributed by atoms with Gasteiger partial charge in [0, 0.05) is 34.4 Å². The molecule has 4 rings (SSSR count). The maximum Gasteiger partial charge on any atom is 0.242 e. The molecule has 2 aromatic heterocycles. The van der Waals surface area contributed by atoms with Crippen molar-refractivity contribution in [2.45, 2.75) is 12.5 Å². The lowest BCUT2D eigenvalue weighted by Crippen LogP contribution is -2.37. The number of benzene rings is 2. The van der Waals surface area contributed by atoms with Crippen molar-refractivity contribution in [3.8, 4) is 11.1 Å². The predicted molar refractivity (Wildman–Crippen MR) is 108 cm³/mol. The molecule has 140 valence electrons. The maximum atomic E-state index is 13.3. The molecule has 0 unspecified atom stereocenters. The number of anilines is 1. The van der Waals surface area contributed by atoms with Crippen molar-refractivity contribution < 1.29 is 9.18 Å². The predicted octanol–water partition coefficient (Wildman–Crippen LogP) is 3.88. The van der Waals surface area contributed by atoms with Crippen molar-refractivity contribution in [3.05, 3.63) is 84.4 Å². The number of carbonyl (C=O) groups is 1. The van der Waals surface area contributed by atoms with Crippen LogP contribution in [-0.2, 0) is 11.2 Å². The third-order valence-electron chi connectivity index (χ3n) is 4.60. The summed E-state index contributed by atoms with van der Waals surface area (Å²) in [4.78, 5) is 19.7. The molecule has 4 N–H and O–H groups in total. The van der Waals surface area contributed by atoms with Crippen LogP contribution in [-0.4, -0.2) is 21.9 Å². The molecule has 0 aliphatic rings. The maximum absolute atomic E-state index is 13.3. The van der Waals surface area contributed by atoms with E-state index in [1.54, 1.807) is 18.3 Å². The topological polar surface area (TPSA) is 83.8 Å². The van der Waals surface area contributed by atoms with Gasteiger partial charge in [-0.3, -0.25) is 4.79 Å². The van der Waals surface area contributed by atoms with Crippen LogP contribution in [0, 0.1) is 5.82 Å². The zero-order chi connectivity index (χ0) is 19.5. The molecule has 1 amide bonds. The minimum absolute atomic E-state index is 0.285. The molecule has 2 aromatic carbocycles. The largest absolute Gasteiger partial charge is 0.360 e. The number of fused-ring (bicyclic) bond motifs is 1. The Hall–Kier alpha value is -3.51. The monoisotopic (exact) mass is 374 g/mol. The molecule has 4 aromatic rings. The number of amides is 1. The molecule has 0 saturated carbocycles. The second kappa shape index (κ2) is 7.62. The van der Waals surface area contributed by atoms with Gasteiger partial charge in [-0.2, -0.15) is 0 Å². The van der Waals surface area contributed by atoms with Gasteiger partial charge in [0.15, 0.2) is 0 Å². The van der Waals surface area contributed by atoms with Crippen LogP contribution < -0.4 is 11.1 Å². The molecule has 28 heavy (non-hydrogen) atoms. The normalized spacial score (nSPS) is 12.1. The number of nitrogens with two attached hydrogens (primary N) is 1. The van der Waals surface area contributed by atoms with E-state index >= 15 is 0 Å². The number of nitrogens with one attached hydrogen (secondary N) is 2. The molecule has 0 radical (unpaired) electrons. The first kappa shape index (κ1) is 17.9. The molecule has 0 bridgehead atoms. The Balaban J connectivity index is 1.46. The number of hydrogen-bond donors (Lipinski definition) is 3. The summed E-state index contributed by atoms with van der Waals surface area (Å²) in [6.45, 7) is 0. The average molecular weight is 374 g/mol. The molecule has 0 fully saturated rings. The van der Waals surface area contributed by atoms with Gasteiger partial charge in [-0.1, -0.05) is 30.3 Å². The van der Waals surface area contributed by atoms with Crippen molar-refractivity contribution in [1.82, 2.24) is 9.97 Å². The van der Waals surface area contributed by atoms with Crippen LogP contribution in [0.25, 0.3) is 22.0 Å². The third-order valence-corrected chi connectivity index (χ3v) is 4.60. The Morgan fingerprint density at radius 2 is 1.96 bits per heavy atom. The average Bonchev–Trinajstić information content (AvgIpc) is 3.12. The van der Waals surface area contributed by atoms with Crippen LogP contribution in [0.1, 0.15) is 5.56 Å². The van der Waals surface area contributed by atoms with E-state index in [0.717, 1.165) is 27.6 Å². The number of halogens is 1. The van der Waals surface area contributed by atoms with Crippen LogP contribution >= 0.6 is 0 Å². The van der Waals surface area contributed by atoms with E-state index in [-0.39, 0.29) is 11.7 Å². The van der Waals surface area contributed by atoms with E-state index in [1.807, 2.05) is 42.6 Å². The van der Waals surface area contributed by atoms with Gasteiger partial charge < -0.3 is 16.0 Å². The van der Waals surface area contributed by atoms with E-state index in [1.165, 1.54) is 12.1 Å². The minimum atomic E-state index is -0.660. The van der Waals surface area contributed by atoms with Gasteiger partial charge in [0.25, 0.3) is 0 Å². The van der Waals surface area contributed by atoms with E-state index in [0.29, 0.717) is 12.2 Å². The quantitative estimate of drug-likeness (QED) is 0.496. The highest BCUT2D eigenvalue weighted by atomic mass is 19.1. The third kappa shape index (κ3) is 3.77. The van der Waals surface area contributed by atoms with Gasteiger partial charge in [0.05, 0.1) is 6.04 Å². The van der Waals surface area contributed by atoms with Crippen molar-refractivity contribution in [2.75, 3.05) is 5.32 Å². The second-order valence-electron chi connectivity index (χ2n) is 6.61. The first-order chi connectivity index (χ1) is 13.6. The Bertz CT molecular complexity index is 1110. The zero-order valence-corrected chi connectivity index (χ0v) is 15.0. The minimum Gasteiger partial charge on any atom is -0.360 e. The lowest BCUT2D eigenvalue weighted by molar-refractivity contribution is -0.117. The molecular formula is C22H19FN4O. The number of aromatic amines is 1. The number of pyridine rings is 1. The van der Waals surface area contributed by atoms with Gasteiger partial charge in [-0.05, 0) is 42.3 Å². The lowest BCUT2D eigenvalue weighted by atomic mass is 10.1. The smallest absolute Gasteiger partial charge is 0.242 e. The van der Waals surface area contributed by atoms with Crippen LogP contribution in [0.5, 0.6) is 0 Å². The summed E-state index contributed by atoms with van der Waals surface area (Å²) >= 11 is 0. The van der Waals surface area contributed by atoms with Crippen LogP contribution in [0.4, 0.5) is 10.2 Å². The van der Waals surface area contributed by atoms with Gasteiger partial charge in [-0.15, -0.1) is 0 Å². The molecule has 0 saturated heterocycles. The summed E-state index contributed by atoms with van der Waals surface area (Å²) in [6.07, 6.45) is 3.94. The van der Waals surface area contributed by atoms with Crippen LogP contribution in [0.15, 0.2) is 73.1 Å². The van der Waals surface area contributed by atoms with Crippen LogP contribution in [0.2, 0.25) is 0 Å². The van der Waals surface area contributed by atoms with Gasteiger partial charge in [-0.25, -0.2) is 9.37 Å². The highest BCUT2D eigenvalue weighted by molar-refractivity contribution is 5.96. The van der Waals surface area contributed by atoms with E-state index < -0.39 is 6.04 Å². The molecule has 6 heteroatoms. The molecule has 2 heterocycles. The molecule has 1 atom stereocenters. The van der Waals surface area contributed by atoms with Gasteiger partial charge >= 0.3 is 0 Å². The highest BCUT2D eigenvalue weighted by Gasteiger charge is 2.15. The fourth-order valence-corrected chi connectivity index (χ4v) is 3.14. The first-order valence-corrected chi connectivity index (χ1v) is 8.93. The molecule has 5 nitrogen and oxygen atoms in total. The Kier molecular flexibility index (Phi) is 4.87. The Labute approximate surface area is 161 Å². The molecule has 0 aliphatic carbocycles. The number of H-pyrrole nitrogens is 1. The number of aromatic nitrogens is 2. The fraction of sp³-hybridized carbons (Fsp3) is 0.0909.